The van der Waals surface area contributed by atoms with Crippen molar-refractivity contribution in [3.8, 4) is 0 Å². The summed E-state index contributed by atoms with van der Waals surface area (Å²) in [4.78, 5) is 7.12. The molecule has 0 aliphatic heterocycles. The van der Waals surface area contributed by atoms with E-state index in [2.05, 4.69) is 15.3 Å². The zero-order valence-corrected chi connectivity index (χ0v) is 7.50. The Kier molecular flexibility index (Phi) is 1.99. The molecule has 14 heavy (non-hydrogen) atoms. The van der Waals surface area contributed by atoms with Crippen LogP contribution in [0.4, 0.5) is 15.9 Å². The fourth-order valence-corrected chi connectivity index (χ4v) is 1.20. The third kappa shape index (κ3) is 1.48. The molecule has 0 unspecified atom stereocenters. The molecule has 6 heteroatoms. The highest BCUT2D eigenvalue weighted by Crippen LogP contribution is 2.38. The van der Waals surface area contributed by atoms with Crippen LogP contribution in [0.1, 0.15) is 12.8 Å². The summed E-state index contributed by atoms with van der Waals surface area (Å²) in [5.41, 5.74) is 4.97. The number of aliphatic hydroxyl groups excluding tert-OH is 1. The molecule has 0 atom stereocenters. The number of aromatic nitrogens is 2. The second kappa shape index (κ2) is 3.06. The lowest BCUT2D eigenvalue weighted by Gasteiger charge is -2.15. The van der Waals surface area contributed by atoms with Crippen LogP contribution in [0, 0.1) is 5.95 Å². The first-order valence-corrected chi connectivity index (χ1v) is 4.32. The van der Waals surface area contributed by atoms with Gasteiger partial charge in [-0.3, -0.25) is 0 Å². The van der Waals surface area contributed by atoms with E-state index < -0.39 is 5.95 Å². The molecular formula is C8H11FN4O. The van der Waals surface area contributed by atoms with Gasteiger partial charge in [-0.15, -0.1) is 0 Å². The summed E-state index contributed by atoms with van der Waals surface area (Å²) in [6.45, 7) is -0.00192. The molecule has 4 N–H and O–H groups in total. The molecule has 76 valence electrons. The minimum Gasteiger partial charge on any atom is -0.394 e. The Balaban J connectivity index is 2.21. The number of nitrogen functional groups attached to an aromatic ring is 1. The molecule has 1 aliphatic carbocycles. The van der Waals surface area contributed by atoms with Gasteiger partial charge >= 0.3 is 0 Å². The molecule has 1 aromatic rings. The van der Waals surface area contributed by atoms with Gasteiger partial charge in [0.15, 0.2) is 5.82 Å². The summed E-state index contributed by atoms with van der Waals surface area (Å²) < 4.78 is 12.9. The number of nitrogens with two attached hydrogens (primary N) is 1. The Labute approximate surface area is 80.2 Å². The van der Waals surface area contributed by atoms with E-state index in [4.69, 9.17) is 10.8 Å². The van der Waals surface area contributed by atoms with Gasteiger partial charge < -0.3 is 16.2 Å². The first-order valence-electron chi connectivity index (χ1n) is 4.32. The second-order valence-corrected chi connectivity index (χ2v) is 3.49. The van der Waals surface area contributed by atoms with E-state index in [1.165, 1.54) is 0 Å². The van der Waals surface area contributed by atoms with E-state index in [1.54, 1.807) is 0 Å². The number of aliphatic hydroxyl groups is 1. The summed E-state index contributed by atoms with van der Waals surface area (Å²) in [6, 6.07) is 0. The third-order valence-corrected chi connectivity index (χ3v) is 2.38. The van der Waals surface area contributed by atoms with E-state index in [9.17, 15) is 4.39 Å². The van der Waals surface area contributed by atoms with Crippen LogP contribution in [0.3, 0.4) is 0 Å². The molecule has 2 rings (SSSR count). The molecule has 5 nitrogen and oxygen atoms in total. The molecule has 0 spiro atoms. The van der Waals surface area contributed by atoms with Gasteiger partial charge in [-0.2, -0.15) is 4.39 Å². The third-order valence-electron chi connectivity index (χ3n) is 2.38. The first kappa shape index (κ1) is 9.14. The Morgan fingerprint density at radius 1 is 1.57 bits per heavy atom. The normalized spacial score (nSPS) is 17.9. The highest BCUT2D eigenvalue weighted by Gasteiger charge is 2.42. The smallest absolute Gasteiger partial charge is 0.241 e. The van der Waals surface area contributed by atoms with Crippen LogP contribution in [-0.2, 0) is 0 Å². The molecule has 0 bridgehead atoms. The van der Waals surface area contributed by atoms with Gasteiger partial charge in [0, 0.05) is 0 Å². The molecule has 1 saturated carbocycles. The van der Waals surface area contributed by atoms with E-state index in [1.807, 2.05) is 0 Å². The monoisotopic (exact) mass is 198 g/mol. The quantitative estimate of drug-likeness (QED) is 0.601. The molecule has 1 aliphatic rings. The number of hydrogen-bond donors (Lipinski definition) is 3. The summed E-state index contributed by atoms with van der Waals surface area (Å²) >= 11 is 0. The van der Waals surface area contributed by atoms with E-state index in [0.717, 1.165) is 19.2 Å². The Morgan fingerprint density at radius 3 is 2.86 bits per heavy atom. The molecule has 0 aromatic carbocycles. The molecular weight excluding hydrogens is 187 g/mol. The predicted molar refractivity (Wildman–Crippen MR) is 49.1 cm³/mol. The molecule has 0 saturated heterocycles. The van der Waals surface area contributed by atoms with Gasteiger partial charge in [0.1, 0.15) is 12.0 Å². The lowest BCUT2D eigenvalue weighted by Crippen LogP contribution is -2.27. The maximum absolute atomic E-state index is 12.9. The molecule has 0 radical (unpaired) electrons. The average molecular weight is 198 g/mol. The van der Waals surface area contributed by atoms with Gasteiger partial charge in [-0.1, -0.05) is 0 Å². The molecule has 1 fully saturated rings. The predicted octanol–water partition coefficient (Wildman–Crippen LogP) is 0.135. The van der Waals surface area contributed by atoms with Crippen LogP contribution in [0.25, 0.3) is 0 Å². The zero-order valence-electron chi connectivity index (χ0n) is 7.50. The Bertz CT molecular complexity index is 353. The van der Waals surface area contributed by atoms with Crippen molar-refractivity contribution in [1.29, 1.82) is 0 Å². The summed E-state index contributed by atoms with van der Waals surface area (Å²) in [5, 5.41) is 12.0. The van der Waals surface area contributed by atoms with Crippen molar-refractivity contribution in [2.24, 2.45) is 0 Å². The van der Waals surface area contributed by atoms with Crippen molar-refractivity contribution >= 4 is 11.5 Å². The van der Waals surface area contributed by atoms with Gasteiger partial charge in [0.05, 0.1) is 12.1 Å². The fourth-order valence-electron chi connectivity index (χ4n) is 1.20. The largest absolute Gasteiger partial charge is 0.394 e. The van der Waals surface area contributed by atoms with Crippen molar-refractivity contribution in [2.75, 3.05) is 17.7 Å². The first-order chi connectivity index (χ1) is 6.67. The SMILES string of the molecule is Nc1c(F)ncnc1NC1(CO)CC1. The highest BCUT2D eigenvalue weighted by atomic mass is 19.1. The van der Waals surface area contributed by atoms with Crippen molar-refractivity contribution < 1.29 is 9.50 Å². The Hall–Kier alpha value is -1.43. The number of halogens is 1. The number of rotatable bonds is 3. The van der Waals surface area contributed by atoms with Gasteiger partial charge in [0.2, 0.25) is 5.95 Å². The van der Waals surface area contributed by atoms with Gasteiger partial charge in [-0.05, 0) is 12.8 Å². The van der Waals surface area contributed by atoms with Crippen molar-refractivity contribution in [3.05, 3.63) is 12.3 Å². The molecule has 1 aromatic heterocycles. The van der Waals surface area contributed by atoms with Crippen LogP contribution >= 0.6 is 0 Å². The van der Waals surface area contributed by atoms with Crippen LogP contribution in [-0.4, -0.2) is 27.2 Å². The van der Waals surface area contributed by atoms with Crippen LogP contribution in [0.2, 0.25) is 0 Å². The van der Waals surface area contributed by atoms with Crippen molar-refractivity contribution in [1.82, 2.24) is 9.97 Å². The average Bonchev–Trinajstić information content (AvgIpc) is 2.94. The lowest BCUT2D eigenvalue weighted by atomic mass is 10.3. The second-order valence-electron chi connectivity index (χ2n) is 3.49. The minimum absolute atomic E-state index is 0.00192. The summed E-state index contributed by atoms with van der Waals surface area (Å²) in [6.07, 6.45) is 2.78. The van der Waals surface area contributed by atoms with E-state index in [0.29, 0.717) is 0 Å². The minimum atomic E-state index is -0.740. The maximum Gasteiger partial charge on any atom is 0.241 e. The zero-order chi connectivity index (χ0) is 10.2. The molecule has 1 heterocycles. The van der Waals surface area contributed by atoms with Crippen molar-refractivity contribution in [3.63, 3.8) is 0 Å². The number of nitrogens with zero attached hydrogens (tertiary/aromatic N) is 2. The standard InChI is InChI=1S/C8H11FN4O/c9-6-5(10)7(12-4-11-6)13-8(3-14)1-2-8/h4,14H,1-3,10H2,(H,11,12,13). The topological polar surface area (TPSA) is 84.1 Å². The fraction of sp³-hybridized carbons (Fsp3) is 0.500. The van der Waals surface area contributed by atoms with Gasteiger partial charge in [-0.25, -0.2) is 9.97 Å². The lowest BCUT2D eigenvalue weighted by molar-refractivity contribution is 0.266. The molecule has 0 amide bonds. The summed E-state index contributed by atoms with van der Waals surface area (Å²) in [5.74, 6) is -0.486. The van der Waals surface area contributed by atoms with E-state index >= 15 is 0 Å². The highest BCUT2D eigenvalue weighted by molar-refractivity contribution is 5.61. The van der Waals surface area contributed by atoms with Crippen LogP contribution in [0.5, 0.6) is 0 Å². The van der Waals surface area contributed by atoms with Crippen LogP contribution < -0.4 is 11.1 Å². The maximum atomic E-state index is 12.9. The number of nitrogens with one attached hydrogen (secondary N) is 1. The van der Waals surface area contributed by atoms with Gasteiger partial charge in [0.25, 0.3) is 0 Å². The van der Waals surface area contributed by atoms with Crippen molar-refractivity contribution in [2.45, 2.75) is 18.4 Å². The van der Waals surface area contributed by atoms with Crippen LogP contribution in [0.15, 0.2) is 6.33 Å². The number of hydrogen-bond acceptors (Lipinski definition) is 5. The van der Waals surface area contributed by atoms with E-state index in [-0.39, 0.29) is 23.7 Å². The number of anilines is 2. The summed E-state index contributed by atoms with van der Waals surface area (Å²) in [7, 11) is 0. The Morgan fingerprint density at radius 2 is 2.29 bits per heavy atom.